The fraction of sp³-hybridized carbons (Fsp3) is 0.333. The van der Waals surface area contributed by atoms with Gasteiger partial charge >= 0.3 is 0 Å². The van der Waals surface area contributed by atoms with Crippen LogP contribution in [0.2, 0.25) is 0 Å². The number of rotatable bonds is 0. The molecule has 41 valence electrons. The molecular weight excluding hydrogens is 100 g/mol. The molecule has 0 aliphatic heterocycles. The largest absolute Gasteiger partial charge is 0.255 e. The fourth-order valence-corrected chi connectivity index (χ4v) is 0.538. The van der Waals surface area contributed by atoms with Crippen LogP contribution in [0.5, 0.6) is 0 Å². The third-order valence-electron chi connectivity index (χ3n) is 0.822. The summed E-state index contributed by atoms with van der Waals surface area (Å²) in [6.07, 6.45) is 4.40. The van der Waals surface area contributed by atoms with Gasteiger partial charge in [0.15, 0.2) is 0 Å². The Labute approximate surface area is 48.6 Å². The molecule has 0 fully saturated rings. The second-order valence-corrected chi connectivity index (χ2v) is 1.71. The van der Waals surface area contributed by atoms with E-state index in [9.17, 15) is 0 Å². The zero-order valence-corrected chi connectivity index (χ0v) is 4.97. The minimum atomic E-state index is 0.852. The van der Waals surface area contributed by atoms with E-state index in [1.165, 1.54) is 0 Å². The molecule has 8 heavy (non-hydrogen) atoms. The SMILES string of the molecule is Cc1[c]ncc(C)n1. The van der Waals surface area contributed by atoms with Crippen molar-refractivity contribution in [3.63, 3.8) is 0 Å². The summed E-state index contributed by atoms with van der Waals surface area (Å²) < 4.78 is 0. The Morgan fingerprint density at radius 3 is 2.62 bits per heavy atom. The normalized spacial score (nSPS) is 9.25. The minimum Gasteiger partial charge on any atom is -0.255 e. The van der Waals surface area contributed by atoms with Gasteiger partial charge in [-0.2, -0.15) is 0 Å². The highest BCUT2D eigenvalue weighted by Crippen LogP contribution is 1.88. The van der Waals surface area contributed by atoms with Crippen LogP contribution in [0.25, 0.3) is 0 Å². The molecule has 2 heteroatoms. The Bertz CT molecular complexity index is 166. The standard InChI is InChI=1S/C6H7N2/c1-5-3-7-4-6(2)8-5/h3H,1-2H3. The molecule has 0 atom stereocenters. The second-order valence-electron chi connectivity index (χ2n) is 1.71. The Kier molecular flexibility index (Phi) is 1.24. The lowest BCUT2D eigenvalue weighted by molar-refractivity contribution is 1.05. The van der Waals surface area contributed by atoms with Gasteiger partial charge in [0, 0.05) is 6.20 Å². The van der Waals surface area contributed by atoms with Crippen molar-refractivity contribution in [2.75, 3.05) is 0 Å². The Morgan fingerprint density at radius 2 is 2.25 bits per heavy atom. The van der Waals surface area contributed by atoms with E-state index in [0.29, 0.717) is 0 Å². The van der Waals surface area contributed by atoms with Crippen molar-refractivity contribution in [2.45, 2.75) is 13.8 Å². The fourth-order valence-electron chi connectivity index (χ4n) is 0.538. The summed E-state index contributed by atoms with van der Waals surface area (Å²) >= 11 is 0. The lowest BCUT2D eigenvalue weighted by Gasteiger charge is -1.88. The van der Waals surface area contributed by atoms with Crippen molar-refractivity contribution >= 4 is 0 Å². The van der Waals surface area contributed by atoms with E-state index < -0.39 is 0 Å². The highest BCUT2D eigenvalue weighted by atomic mass is 14.8. The van der Waals surface area contributed by atoms with Crippen molar-refractivity contribution in [3.05, 3.63) is 23.8 Å². The molecule has 1 heterocycles. The molecule has 1 radical (unpaired) electrons. The van der Waals surface area contributed by atoms with Gasteiger partial charge in [0.2, 0.25) is 0 Å². The van der Waals surface area contributed by atoms with E-state index in [-0.39, 0.29) is 0 Å². The van der Waals surface area contributed by atoms with Crippen molar-refractivity contribution < 1.29 is 0 Å². The Morgan fingerprint density at radius 1 is 1.50 bits per heavy atom. The molecule has 0 aromatic carbocycles. The predicted molar refractivity (Wildman–Crippen MR) is 30.3 cm³/mol. The molecule has 0 saturated heterocycles. The van der Waals surface area contributed by atoms with Crippen LogP contribution in [0.3, 0.4) is 0 Å². The molecule has 0 N–H and O–H groups in total. The molecule has 0 aliphatic carbocycles. The van der Waals surface area contributed by atoms with Crippen molar-refractivity contribution in [3.8, 4) is 0 Å². The van der Waals surface area contributed by atoms with Gasteiger partial charge in [-0.25, -0.2) is 0 Å². The van der Waals surface area contributed by atoms with Gasteiger partial charge in [0.05, 0.1) is 11.4 Å². The van der Waals surface area contributed by atoms with E-state index in [2.05, 4.69) is 16.2 Å². The van der Waals surface area contributed by atoms with Gasteiger partial charge in [0.25, 0.3) is 0 Å². The van der Waals surface area contributed by atoms with Crippen LogP contribution in [0, 0.1) is 20.0 Å². The third-order valence-corrected chi connectivity index (χ3v) is 0.822. The van der Waals surface area contributed by atoms with Crippen molar-refractivity contribution in [1.29, 1.82) is 0 Å². The van der Waals surface area contributed by atoms with Crippen molar-refractivity contribution in [1.82, 2.24) is 9.97 Å². The minimum absolute atomic E-state index is 0.852. The summed E-state index contributed by atoms with van der Waals surface area (Å²) in [5.41, 5.74) is 1.80. The molecule has 2 nitrogen and oxygen atoms in total. The first kappa shape index (κ1) is 5.22. The average Bonchev–Trinajstić information content (AvgIpc) is 1.64. The van der Waals surface area contributed by atoms with Gasteiger partial charge in [-0.15, -0.1) is 0 Å². The van der Waals surface area contributed by atoms with Crippen LogP contribution in [0.15, 0.2) is 6.20 Å². The quantitative estimate of drug-likeness (QED) is 0.492. The number of aryl methyl sites for hydroxylation is 2. The first-order valence-electron chi connectivity index (χ1n) is 2.47. The summed E-state index contributed by atoms with van der Waals surface area (Å²) in [7, 11) is 0. The number of hydrogen-bond donors (Lipinski definition) is 0. The maximum Gasteiger partial charge on any atom is 0.112 e. The van der Waals surface area contributed by atoms with E-state index in [0.717, 1.165) is 11.4 Å². The van der Waals surface area contributed by atoms with Crippen LogP contribution >= 0.6 is 0 Å². The molecule has 1 aromatic rings. The summed E-state index contributed by atoms with van der Waals surface area (Å²) in [6, 6.07) is 0. The molecule has 0 bridgehead atoms. The molecule has 1 aromatic heterocycles. The van der Waals surface area contributed by atoms with E-state index in [1.807, 2.05) is 13.8 Å². The van der Waals surface area contributed by atoms with Gasteiger partial charge < -0.3 is 0 Å². The van der Waals surface area contributed by atoms with Gasteiger partial charge in [-0.3, -0.25) is 9.97 Å². The summed E-state index contributed by atoms with van der Waals surface area (Å²) in [5.74, 6) is 0. The first-order valence-corrected chi connectivity index (χ1v) is 2.47. The van der Waals surface area contributed by atoms with E-state index in [4.69, 9.17) is 0 Å². The number of nitrogens with zero attached hydrogens (tertiary/aromatic N) is 2. The maximum absolute atomic E-state index is 4.06. The molecule has 0 amide bonds. The van der Waals surface area contributed by atoms with Crippen LogP contribution in [0.1, 0.15) is 11.4 Å². The lowest BCUT2D eigenvalue weighted by atomic mass is 10.4. The van der Waals surface area contributed by atoms with Crippen molar-refractivity contribution in [2.24, 2.45) is 0 Å². The number of aromatic nitrogens is 2. The number of hydrogen-bond acceptors (Lipinski definition) is 2. The average molecular weight is 107 g/mol. The summed E-state index contributed by atoms with van der Waals surface area (Å²) in [4.78, 5) is 7.85. The van der Waals surface area contributed by atoms with Crippen LogP contribution < -0.4 is 0 Å². The molecule has 1 rings (SSSR count). The van der Waals surface area contributed by atoms with E-state index in [1.54, 1.807) is 6.20 Å². The highest BCUT2D eigenvalue weighted by molar-refractivity contribution is 4.96. The zero-order chi connectivity index (χ0) is 5.98. The van der Waals surface area contributed by atoms with Gasteiger partial charge in [-0.1, -0.05) is 0 Å². The monoisotopic (exact) mass is 107 g/mol. The topological polar surface area (TPSA) is 25.8 Å². The van der Waals surface area contributed by atoms with Gasteiger partial charge in [0.1, 0.15) is 6.20 Å². The highest BCUT2D eigenvalue weighted by Gasteiger charge is 1.84. The van der Waals surface area contributed by atoms with Crippen LogP contribution in [-0.2, 0) is 0 Å². The second kappa shape index (κ2) is 1.90. The zero-order valence-electron chi connectivity index (χ0n) is 4.97. The smallest absolute Gasteiger partial charge is 0.112 e. The molecule has 0 unspecified atom stereocenters. The lowest BCUT2D eigenvalue weighted by Crippen LogP contribution is -1.85. The predicted octanol–water partition coefficient (Wildman–Crippen LogP) is 0.894. The first-order chi connectivity index (χ1) is 3.79. The summed E-state index contributed by atoms with van der Waals surface area (Å²) in [5, 5.41) is 0. The Balaban J connectivity index is 3.08. The van der Waals surface area contributed by atoms with Crippen LogP contribution in [0.4, 0.5) is 0 Å². The molecule has 0 spiro atoms. The third kappa shape index (κ3) is 1.03. The molecule has 0 saturated carbocycles. The van der Waals surface area contributed by atoms with Gasteiger partial charge in [-0.05, 0) is 13.8 Å². The summed E-state index contributed by atoms with van der Waals surface area (Å²) in [6.45, 7) is 3.79. The maximum atomic E-state index is 4.06. The van der Waals surface area contributed by atoms with E-state index >= 15 is 0 Å². The molecule has 0 aliphatic rings. The Hall–Kier alpha value is -0.920. The van der Waals surface area contributed by atoms with Crippen LogP contribution in [-0.4, -0.2) is 9.97 Å². The molecular formula is C6H7N2.